The van der Waals surface area contributed by atoms with Gasteiger partial charge in [-0.15, -0.1) is 18.3 Å². The Kier molecular flexibility index (Phi) is 4.85. The molecular weight excluding hydrogens is 268 g/mol. The first-order chi connectivity index (χ1) is 9.72. The summed E-state index contributed by atoms with van der Waals surface area (Å²) in [6.45, 7) is 3.70. The van der Waals surface area contributed by atoms with Gasteiger partial charge in [-0.2, -0.15) is 0 Å². The number of rotatable bonds is 5. The summed E-state index contributed by atoms with van der Waals surface area (Å²) in [5.74, 6) is 0.593. The number of para-hydroxylation sites is 2. The predicted octanol–water partition coefficient (Wildman–Crippen LogP) is 3.80. The van der Waals surface area contributed by atoms with Crippen LogP contribution in [0.15, 0.2) is 66.1 Å². The van der Waals surface area contributed by atoms with Gasteiger partial charge in [-0.05, 0) is 24.3 Å². The second-order valence-corrected chi connectivity index (χ2v) is 5.20. The van der Waals surface area contributed by atoms with Gasteiger partial charge in [0.25, 0.3) is 5.91 Å². The van der Waals surface area contributed by atoms with E-state index in [9.17, 15) is 4.79 Å². The van der Waals surface area contributed by atoms with Crippen LogP contribution in [-0.2, 0) is 0 Å². The minimum Gasteiger partial charge on any atom is -0.398 e. The smallest absolute Gasteiger partial charge is 0.257 e. The summed E-state index contributed by atoms with van der Waals surface area (Å²) < 4.78 is 0. The van der Waals surface area contributed by atoms with E-state index >= 15 is 0 Å². The molecule has 20 heavy (non-hydrogen) atoms. The summed E-state index contributed by atoms with van der Waals surface area (Å²) in [6.07, 6.45) is 1.83. The number of nitrogens with two attached hydrogens (primary N) is 1. The summed E-state index contributed by atoms with van der Waals surface area (Å²) in [5.41, 5.74) is 7.55. The summed E-state index contributed by atoms with van der Waals surface area (Å²) >= 11 is 1.62. The molecule has 2 aromatic rings. The number of nitrogen functional groups attached to an aromatic ring is 1. The number of amides is 1. The highest BCUT2D eigenvalue weighted by atomic mass is 32.2. The molecule has 0 aliphatic carbocycles. The van der Waals surface area contributed by atoms with E-state index in [4.69, 9.17) is 5.73 Å². The number of thioether (sulfide) groups is 1. The molecule has 2 rings (SSSR count). The van der Waals surface area contributed by atoms with E-state index in [1.165, 1.54) is 0 Å². The number of benzene rings is 2. The third kappa shape index (κ3) is 3.42. The van der Waals surface area contributed by atoms with Gasteiger partial charge in [-0.25, -0.2) is 0 Å². The van der Waals surface area contributed by atoms with Gasteiger partial charge < -0.3 is 11.1 Å². The lowest BCUT2D eigenvalue weighted by Crippen LogP contribution is -2.14. The van der Waals surface area contributed by atoms with Gasteiger partial charge in [-0.1, -0.05) is 30.3 Å². The predicted molar refractivity (Wildman–Crippen MR) is 86.2 cm³/mol. The summed E-state index contributed by atoms with van der Waals surface area (Å²) in [6, 6.07) is 14.7. The van der Waals surface area contributed by atoms with E-state index < -0.39 is 0 Å². The van der Waals surface area contributed by atoms with Crippen LogP contribution in [0.1, 0.15) is 10.4 Å². The van der Waals surface area contributed by atoms with Crippen molar-refractivity contribution in [2.24, 2.45) is 0 Å². The Morgan fingerprint density at radius 3 is 2.65 bits per heavy atom. The molecule has 0 aromatic heterocycles. The van der Waals surface area contributed by atoms with E-state index in [0.29, 0.717) is 11.3 Å². The number of hydrogen-bond acceptors (Lipinski definition) is 3. The first-order valence-corrected chi connectivity index (χ1v) is 7.19. The Hall–Kier alpha value is -2.20. The zero-order valence-electron chi connectivity index (χ0n) is 11.0. The Balaban J connectivity index is 2.20. The van der Waals surface area contributed by atoms with Crippen LogP contribution in [0.4, 0.5) is 11.4 Å². The van der Waals surface area contributed by atoms with Crippen molar-refractivity contribution >= 4 is 29.0 Å². The molecule has 0 atom stereocenters. The molecule has 3 N–H and O–H groups in total. The van der Waals surface area contributed by atoms with Crippen LogP contribution in [0.5, 0.6) is 0 Å². The zero-order valence-corrected chi connectivity index (χ0v) is 11.8. The van der Waals surface area contributed by atoms with E-state index in [0.717, 1.165) is 16.3 Å². The average molecular weight is 284 g/mol. The fourth-order valence-corrected chi connectivity index (χ4v) is 2.48. The zero-order chi connectivity index (χ0) is 14.4. The SMILES string of the molecule is C=CCSc1ccccc1NC(=O)c1ccccc1N. The largest absolute Gasteiger partial charge is 0.398 e. The maximum Gasteiger partial charge on any atom is 0.257 e. The first kappa shape index (κ1) is 14.2. The topological polar surface area (TPSA) is 55.1 Å². The van der Waals surface area contributed by atoms with Gasteiger partial charge in [0.2, 0.25) is 0 Å². The highest BCUT2D eigenvalue weighted by Crippen LogP contribution is 2.27. The van der Waals surface area contributed by atoms with Gasteiger partial charge in [0, 0.05) is 16.3 Å². The first-order valence-electron chi connectivity index (χ1n) is 6.21. The van der Waals surface area contributed by atoms with E-state index in [1.54, 1.807) is 36.0 Å². The molecule has 0 aliphatic heterocycles. The molecule has 4 heteroatoms. The van der Waals surface area contributed by atoms with E-state index in [1.807, 2.05) is 30.3 Å². The van der Waals surface area contributed by atoms with Crippen molar-refractivity contribution in [3.05, 3.63) is 66.7 Å². The number of carbonyl (C=O) groups is 1. The van der Waals surface area contributed by atoms with Gasteiger partial charge in [0.1, 0.15) is 0 Å². The van der Waals surface area contributed by atoms with Crippen molar-refractivity contribution in [2.75, 3.05) is 16.8 Å². The molecule has 0 fully saturated rings. The molecule has 0 saturated heterocycles. The Labute approximate surface area is 122 Å². The second kappa shape index (κ2) is 6.82. The van der Waals surface area contributed by atoms with Crippen molar-refractivity contribution in [1.29, 1.82) is 0 Å². The summed E-state index contributed by atoms with van der Waals surface area (Å²) in [4.78, 5) is 13.2. The summed E-state index contributed by atoms with van der Waals surface area (Å²) in [7, 11) is 0. The minimum absolute atomic E-state index is 0.199. The number of carbonyl (C=O) groups excluding carboxylic acids is 1. The standard InChI is InChI=1S/C16H16N2OS/c1-2-11-20-15-10-6-5-9-14(15)18-16(19)12-7-3-4-8-13(12)17/h2-10H,1,11,17H2,(H,18,19). The number of hydrogen-bond donors (Lipinski definition) is 2. The van der Waals surface area contributed by atoms with Gasteiger partial charge in [-0.3, -0.25) is 4.79 Å². The number of anilines is 2. The molecule has 0 unspecified atom stereocenters. The lowest BCUT2D eigenvalue weighted by Gasteiger charge is -2.11. The van der Waals surface area contributed by atoms with Crippen molar-refractivity contribution in [2.45, 2.75) is 4.90 Å². The van der Waals surface area contributed by atoms with Crippen molar-refractivity contribution < 1.29 is 4.79 Å². The van der Waals surface area contributed by atoms with Gasteiger partial charge in [0.15, 0.2) is 0 Å². The molecule has 0 bridgehead atoms. The van der Waals surface area contributed by atoms with Crippen LogP contribution >= 0.6 is 11.8 Å². The molecule has 3 nitrogen and oxygen atoms in total. The van der Waals surface area contributed by atoms with Crippen LogP contribution in [-0.4, -0.2) is 11.7 Å². The molecule has 0 aliphatic rings. The molecule has 0 spiro atoms. The number of nitrogens with one attached hydrogen (secondary N) is 1. The fourth-order valence-electron chi connectivity index (χ4n) is 1.74. The van der Waals surface area contributed by atoms with E-state index in [2.05, 4.69) is 11.9 Å². The molecular formula is C16H16N2OS. The van der Waals surface area contributed by atoms with Crippen LogP contribution in [0, 0.1) is 0 Å². The van der Waals surface area contributed by atoms with Crippen molar-refractivity contribution in [3.63, 3.8) is 0 Å². The minimum atomic E-state index is -0.199. The van der Waals surface area contributed by atoms with Crippen LogP contribution in [0.3, 0.4) is 0 Å². The molecule has 1 amide bonds. The summed E-state index contributed by atoms with van der Waals surface area (Å²) in [5, 5.41) is 2.90. The average Bonchev–Trinajstić information content (AvgIpc) is 2.46. The van der Waals surface area contributed by atoms with Gasteiger partial charge in [0.05, 0.1) is 11.3 Å². The highest BCUT2D eigenvalue weighted by molar-refractivity contribution is 7.99. The lowest BCUT2D eigenvalue weighted by atomic mass is 10.1. The second-order valence-electron chi connectivity index (χ2n) is 4.14. The van der Waals surface area contributed by atoms with Crippen molar-refractivity contribution in [1.82, 2.24) is 0 Å². The molecule has 2 aromatic carbocycles. The maximum atomic E-state index is 12.2. The Morgan fingerprint density at radius 2 is 1.90 bits per heavy atom. The fraction of sp³-hybridized carbons (Fsp3) is 0.0625. The lowest BCUT2D eigenvalue weighted by molar-refractivity contribution is 0.102. The Bertz CT molecular complexity index is 625. The van der Waals surface area contributed by atoms with Crippen LogP contribution < -0.4 is 11.1 Å². The van der Waals surface area contributed by atoms with Crippen LogP contribution in [0.25, 0.3) is 0 Å². The molecule has 0 saturated carbocycles. The molecule has 0 heterocycles. The monoisotopic (exact) mass is 284 g/mol. The van der Waals surface area contributed by atoms with Crippen molar-refractivity contribution in [3.8, 4) is 0 Å². The third-order valence-electron chi connectivity index (χ3n) is 2.70. The molecule has 0 radical (unpaired) electrons. The quantitative estimate of drug-likeness (QED) is 0.499. The molecule has 102 valence electrons. The third-order valence-corrected chi connectivity index (χ3v) is 3.77. The Morgan fingerprint density at radius 1 is 1.20 bits per heavy atom. The van der Waals surface area contributed by atoms with E-state index in [-0.39, 0.29) is 5.91 Å². The highest BCUT2D eigenvalue weighted by Gasteiger charge is 2.11. The van der Waals surface area contributed by atoms with Crippen LogP contribution in [0.2, 0.25) is 0 Å². The maximum absolute atomic E-state index is 12.2. The van der Waals surface area contributed by atoms with Gasteiger partial charge >= 0.3 is 0 Å². The normalized spacial score (nSPS) is 10.0.